The van der Waals surface area contributed by atoms with Crippen LogP contribution in [0.5, 0.6) is 0 Å². The number of hydrogen-bond acceptors (Lipinski definition) is 6. The van der Waals surface area contributed by atoms with Gasteiger partial charge in [0.2, 0.25) is 5.15 Å². The highest BCUT2D eigenvalue weighted by Gasteiger charge is 2.27. The molecule has 0 fully saturated rings. The molecule has 1 amide bonds. The second kappa shape index (κ2) is 6.87. The average molecular weight is 320 g/mol. The van der Waals surface area contributed by atoms with Crippen molar-refractivity contribution >= 4 is 35.0 Å². The molecule has 2 N–H and O–H groups in total. The summed E-state index contributed by atoms with van der Waals surface area (Å²) in [6.07, 6.45) is 3.04. The number of carbonyl (C=O) groups excluding carboxylic acids is 1. The van der Waals surface area contributed by atoms with E-state index in [1.54, 1.807) is 6.92 Å². The summed E-state index contributed by atoms with van der Waals surface area (Å²) in [7, 11) is 0. The van der Waals surface area contributed by atoms with E-state index in [1.807, 2.05) is 6.26 Å². The van der Waals surface area contributed by atoms with Crippen LogP contribution in [0.25, 0.3) is 0 Å². The second-order valence-corrected chi connectivity index (χ2v) is 5.59. The third-order valence-electron chi connectivity index (χ3n) is 2.39. The number of hydrogen-bond donors (Lipinski definition) is 2. The number of amides is 1. The van der Waals surface area contributed by atoms with Gasteiger partial charge in [-0.15, -0.1) is 0 Å². The number of nitrogens with one attached hydrogen (secondary N) is 1. The minimum absolute atomic E-state index is 0.0240. The zero-order valence-electron chi connectivity index (χ0n) is 10.9. The number of rotatable bonds is 6. The molecule has 0 aliphatic rings. The first-order chi connectivity index (χ1) is 9.28. The number of halogens is 1. The van der Waals surface area contributed by atoms with Crippen LogP contribution in [0.2, 0.25) is 5.15 Å². The first-order valence-electron chi connectivity index (χ1n) is 5.57. The van der Waals surface area contributed by atoms with E-state index in [0.717, 1.165) is 0 Å². The molecule has 1 atom stereocenters. The molecule has 0 aliphatic carbocycles. The van der Waals surface area contributed by atoms with Crippen molar-refractivity contribution in [1.82, 2.24) is 10.3 Å². The number of aromatic nitrogens is 1. The molecule has 7 nitrogen and oxygen atoms in total. The Hall–Kier alpha value is -1.38. The number of nitrogens with zero attached hydrogens (tertiary/aromatic N) is 2. The van der Waals surface area contributed by atoms with Gasteiger partial charge in [-0.05, 0) is 19.2 Å². The van der Waals surface area contributed by atoms with Gasteiger partial charge in [0.25, 0.3) is 5.91 Å². The Kier molecular flexibility index (Phi) is 5.73. The highest BCUT2D eigenvalue weighted by Crippen LogP contribution is 2.25. The number of nitro groups is 1. The first kappa shape index (κ1) is 16.7. The minimum atomic E-state index is -1.10. The largest absolute Gasteiger partial charge is 0.387 e. The summed E-state index contributed by atoms with van der Waals surface area (Å²) in [6.45, 7) is 1.54. The Morgan fingerprint density at radius 1 is 1.70 bits per heavy atom. The van der Waals surface area contributed by atoms with Crippen molar-refractivity contribution in [2.24, 2.45) is 0 Å². The Bertz CT molecular complexity index is 524. The van der Waals surface area contributed by atoms with Crippen molar-refractivity contribution in [3.63, 3.8) is 0 Å². The van der Waals surface area contributed by atoms with Crippen LogP contribution in [0, 0.1) is 10.1 Å². The highest BCUT2D eigenvalue weighted by atomic mass is 35.5. The van der Waals surface area contributed by atoms with Crippen molar-refractivity contribution in [2.75, 3.05) is 18.6 Å². The second-order valence-electron chi connectivity index (χ2n) is 4.37. The summed E-state index contributed by atoms with van der Waals surface area (Å²) >= 11 is 7.05. The van der Waals surface area contributed by atoms with E-state index in [0.29, 0.717) is 5.75 Å². The lowest BCUT2D eigenvalue weighted by Gasteiger charge is -2.22. The van der Waals surface area contributed by atoms with Crippen molar-refractivity contribution in [3.8, 4) is 0 Å². The summed E-state index contributed by atoms with van der Waals surface area (Å²) in [5.41, 5.74) is -1.83. The lowest BCUT2D eigenvalue weighted by atomic mass is 10.1. The molecule has 0 bridgehead atoms. The van der Waals surface area contributed by atoms with Crippen LogP contribution in [0.4, 0.5) is 5.69 Å². The monoisotopic (exact) mass is 319 g/mol. The molecule has 0 aliphatic heterocycles. The molecule has 1 heterocycles. The van der Waals surface area contributed by atoms with Gasteiger partial charge in [-0.3, -0.25) is 14.9 Å². The van der Waals surface area contributed by atoms with Crippen molar-refractivity contribution < 1.29 is 14.8 Å². The molecule has 0 spiro atoms. The fraction of sp³-hybridized carbons (Fsp3) is 0.455. The summed E-state index contributed by atoms with van der Waals surface area (Å²) in [6, 6.07) is 1.21. The van der Waals surface area contributed by atoms with E-state index in [1.165, 1.54) is 24.0 Å². The maximum atomic E-state index is 12.0. The van der Waals surface area contributed by atoms with Gasteiger partial charge in [0.05, 0.1) is 10.5 Å². The first-order valence-corrected chi connectivity index (χ1v) is 7.34. The topological polar surface area (TPSA) is 105 Å². The zero-order valence-corrected chi connectivity index (χ0v) is 12.5. The number of thioether (sulfide) groups is 1. The molecule has 0 radical (unpaired) electrons. The van der Waals surface area contributed by atoms with Crippen LogP contribution in [0.3, 0.4) is 0 Å². The normalized spacial score (nSPS) is 13.6. The maximum Gasteiger partial charge on any atom is 0.319 e. The third-order valence-corrected chi connectivity index (χ3v) is 3.58. The van der Waals surface area contributed by atoms with Crippen LogP contribution in [-0.2, 0) is 0 Å². The van der Waals surface area contributed by atoms with Crippen molar-refractivity contribution in [1.29, 1.82) is 0 Å². The quantitative estimate of drug-likeness (QED) is 0.467. The SMILES string of the molecule is CSCC(C)(O)CNC(=O)c1ccnc(Cl)c1[N+](=O)[O-]. The molecular formula is C11H14ClN3O4S. The molecule has 20 heavy (non-hydrogen) atoms. The molecular weight excluding hydrogens is 306 g/mol. The molecule has 0 aromatic carbocycles. The minimum Gasteiger partial charge on any atom is -0.387 e. The Morgan fingerprint density at radius 2 is 2.35 bits per heavy atom. The zero-order chi connectivity index (χ0) is 15.3. The maximum absolute atomic E-state index is 12.0. The fourth-order valence-corrected chi connectivity index (χ4v) is 2.46. The average Bonchev–Trinajstić information content (AvgIpc) is 2.35. The predicted molar refractivity (Wildman–Crippen MR) is 77.2 cm³/mol. The van der Waals surface area contributed by atoms with E-state index in [4.69, 9.17) is 11.6 Å². The van der Waals surface area contributed by atoms with Crippen molar-refractivity contribution in [2.45, 2.75) is 12.5 Å². The van der Waals surface area contributed by atoms with E-state index >= 15 is 0 Å². The standard InChI is InChI=1S/C11H14ClN3O4S/c1-11(17,6-20-2)5-14-10(16)7-3-4-13-9(12)8(7)15(18)19/h3-4,17H,5-6H2,1-2H3,(H,14,16). The molecule has 110 valence electrons. The molecule has 1 rings (SSSR count). The van der Waals surface area contributed by atoms with Crippen molar-refractivity contribution in [3.05, 3.63) is 33.1 Å². The van der Waals surface area contributed by atoms with Gasteiger partial charge in [-0.1, -0.05) is 11.6 Å². The van der Waals surface area contributed by atoms with Gasteiger partial charge in [0.15, 0.2) is 0 Å². The van der Waals surface area contributed by atoms with Crippen LogP contribution in [-0.4, -0.2) is 45.1 Å². The Morgan fingerprint density at radius 3 is 2.90 bits per heavy atom. The Balaban J connectivity index is 2.89. The molecule has 0 saturated heterocycles. The molecule has 1 aromatic rings. The molecule has 1 unspecified atom stereocenters. The van der Waals surface area contributed by atoms with Gasteiger partial charge in [0, 0.05) is 18.5 Å². The van der Waals surface area contributed by atoms with Crippen LogP contribution >= 0.6 is 23.4 Å². The van der Waals surface area contributed by atoms with Crippen LogP contribution in [0.1, 0.15) is 17.3 Å². The van der Waals surface area contributed by atoms with Gasteiger partial charge in [0.1, 0.15) is 5.56 Å². The van der Waals surface area contributed by atoms with Gasteiger partial charge >= 0.3 is 5.69 Å². The number of pyridine rings is 1. The predicted octanol–water partition coefficient (Wildman–Crippen LogP) is 1.49. The summed E-state index contributed by atoms with van der Waals surface area (Å²) in [4.78, 5) is 25.7. The van der Waals surface area contributed by atoms with E-state index < -0.39 is 22.1 Å². The van der Waals surface area contributed by atoms with Gasteiger partial charge < -0.3 is 10.4 Å². The third kappa shape index (κ3) is 4.32. The number of aliphatic hydroxyl groups is 1. The lowest BCUT2D eigenvalue weighted by Crippen LogP contribution is -2.42. The van der Waals surface area contributed by atoms with E-state index in [2.05, 4.69) is 10.3 Å². The Labute approximate surface area is 124 Å². The molecule has 0 saturated carbocycles. The molecule has 9 heteroatoms. The van der Waals surface area contributed by atoms with E-state index in [-0.39, 0.29) is 17.3 Å². The van der Waals surface area contributed by atoms with Crippen LogP contribution in [0.15, 0.2) is 12.3 Å². The lowest BCUT2D eigenvalue weighted by molar-refractivity contribution is -0.385. The van der Waals surface area contributed by atoms with Gasteiger partial charge in [-0.25, -0.2) is 4.98 Å². The summed E-state index contributed by atoms with van der Waals surface area (Å²) in [5, 5.41) is 22.9. The summed E-state index contributed by atoms with van der Waals surface area (Å²) < 4.78 is 0. The highest BCUT2D eigenvalue weighted by molar-refractivity contribution is 7.98. The number of carbonyl (C=O) groups is 1. The fourth-order valence-electron chi connectivity index (χ4n) is 1.51. The summed E-state index contributed by atoms with van der Waals surface area (Å²) in [5.74, 6) is -0.255. The van der Waals surface area contributed by atoms with Crippen LogP contribution < -0.4 is 5.32 Å². The smallest absolute Gasteiger partial charge is 0.319 e. The molecule has 1 aromatic heterocycles. The van der Waals surface area contributed by atoms with Gasteiger partial charge in [-0.2, -0.15) is 11.8 Å². The van der Waals surface area contributed by atoms with E-state index in [9.17, 15) is 20.0 Å².